The van der Waals surface area contributed by atoms with Crippen LogP contribution in [-0.2, 0) is 0 Å². The van der Waals surface area contributed by atoms with Crippen LogP contribution in [0.4, 0.5) is 5.69 Å². The molecule has 0 aromatic heterocycles. The number of nitrogens with one attached hydrogen (secondary N) is 1. The lowest BCUT2D eigenvalue weighted by Gasteiger charge is -2.18. The van der Waals surface area contributed by atoms with E-state index in [2.05, 4.69) is 5.32 Å². The van der Waals surface area contributed by atoms with Gasteiger partial charge in [0, 0.05) is 25.7 Å². The average molecular weight is 356 g/mol. The Labute approximate surface area is 153 Å². The maximum atomic E-state index is 12.7. The molecular formula is C20H24N2O4. The van der Waals surface area contributed by atoms with E-state index in [1.807, 2.05) is 19.9 Å². The van der Waals surface area contributed by atoms with E-state index in [1.165, 1.54) is 19.1 Å². The van der Waals surface area contributed by atoms with Gasteiger partial charge in [-0.1, -0.05) is 17.2 Å². The van der Waals surface area contributed by atoms with Gasteiger partial charge < -0.3 is 19.7 Å². The lowest BCUT2D eigenvalue weighted by Crippen LogP contribution is -2.24. The smallest absolute Gasteiger partial charge is 0.255 e. The zero-order valence-corrected chi connectivity index (χ0v) is 16.0. The fraction of sp³-hybridized carbons (Fsp3) is 0.300. The standard InChI is InChI=1S/C20H24N2O4/c1-12-7-13(2)9-14(8-12)19(23)21-16-11-18(26-6)17(25-5)10-15(16)20(24)22(3)4/h7-11H,1-6H3,(H,21,23). The first-order valence-corrected chi connectivity index (χ1v) is 8.14. The summed E-state index contributed by atoms with van der Waals surface area (Å²) in [5, 5.41) is 2.82. The van der Waals surface area contributed by atoms with E-state index in [-0.39, 0.29) is 11.8 Å². The molecule has 0 fully saturated rings. The normalized spacial score (nSPS) is 10.2. The number of aryl methyl sites for hydroxylation is 2. The van der Waals surface area contributed by atoms with Crippen LogP contribution in [-0.4, -0.2) is 45.0 Å². The van der Waals surface area contributed by atoms with Crippen molar-refractivity contribution in [2.45, 2.75) is 13.8 Å². The minimum Gasteiger partial charge on any atom is -0.493 e. The number of methoxy groups -OCH3 is 2. The molecule has 6 heteroatoms. The number of nitrogens with zero attached hydrogens (tertiary/aromatic N) is 1. The molecule has 0 saturated carbocycles. The lowest BCUT2D eigenvalue weighted by molar-refractivity contribution is 0.0828. The molecule has 2 aromatic rings. The largest absolute Gasteiger partial charge is 0.493 e. The number of ether oxygens (including phenoxy) is 2. The molecule has 2 aromatic carbocycles. The molecule has 0 radical (unpaired) electrons. The number of hydrogen-bond acceptors (Lipinski definition) is 4. The van der Waals surface area contributed by atoms with E-state index in [0.717, 1.165) is 11.1 Å². The van der Waals surface area contributed by atoms with Gasteiger partial charge in [-0.3, -0.25) is 9.59 Å². The minimum absolute atomic E-state index is 0.248. The van der Waals surface area contributed by atoms with Crippen LogP contribution in [0.25, 0.3) is 0 Å². The zero-order valence-electron chi connectivity index (χ0n) is 16.0. The minimum atomic E-state index is -0.295. The molecular weight excluding hydrogens is 332 g/mol. The molecule has 1 N–H and O–H groups in total. The first-order valence-electron chi connectivity index (χ1n) is 8.14. The molecule has 0 aliphatic carbocycles. The molecule has 0 saturated heterocycles. The molecule has 2 amide bonds. The molecule has 0 heterocycles. The number of benzene rings is 2. The summed E-state index contributed by atoms with van der Waals surface area (Å²) >= 11 is 0. The van der Waals surface area contributed by atoms with Crippen LogP contribution in [0, 0.1) is 13.8 Å². The van der Waals surface area contributed by atoms with Crippen molar-refractivity contribution < 1.29 is 19.1 Å². The van der Waals surface area contributed by atoms with Crippen molar-refractivity contribution in [1.82, 2.24) is 4.90 Å². The molecule has 0 atom stereocenters. The summed E-state index contributed by atoms with van der Waals surface area (Å²) in [7, 11) is 6.29. The first-order chi connectivity index (χ1) is 12.3. The Morgan fingerprint density at radius 1 is 0.885 bits per heavy atom. The number of anilines is 1. The van der Waals surface area contributed by atoms with E-state index in [4.69, 9.17) is 9.47 Å². The predicted octanol–water partition coefficient (Wildman–Crippen LogP) is 3.27. The quantitative estimate of drug-likeness (QED) is 0.893. The van der Waals surface area contributed by atoms with Crippen molar-refractivity contribution in [2.24, 2.45) is 0 Å². The summed E-state index contributed by atoms with van der Waals surface area (Å²) in [5.74, 6) is 0.305. The molecule has 0 aliphatic heterocycles. The van der Waals surface area contributed by atoms with Gasteiger partial charge in [0.05, 0.1) is 25.5 Å². The Bertz CT molecular complexity index is 824. The average Bonchev–Trinajstić information content (AvgIpc) is 2.59. The van der Waals surface area contributed by atoms with E-state index in [0.29, 0.717) is 28.3 Å². The van der Waals surface area contributed by atoms with Gasteiger partial charge in [-0.2, -0.15) is 0 Å². The van der Waals surface area contributed by atoms with Gasteiger partial charge in [-0.05, 0) is 32.0 Å². The van der Waals surface area contributed by atoms with Gasteiger partial charge in [0.1, 0.15) is 0 Å². The van der Waals surface area contributed by atoms with Gasteiger partial charge in [0.2, 0.25) is 0 Å². The summed E-state index contributed by atoms with van der Waals surface area (Å²) in [6, 6.07) is 8.76. The van der Waals surface area contributed by atoms with Gasteiger partial charge in [-0.25, -0.2) is 0 Å². The number of carbonyl (C=O) groups excluding carboxylic acids is 2. The van der Waals surface area contributed by atoms with Gasteiger partial charge in [0.25, 0.3) is 11.8 Å². The van der Waals surface area contributed by atoms with E-state index >= 15 is 0 Å². The van der Waals surface area contributed by atoms with Crippen LogP contribution in [0.2, 0.25) is 0 Å². The van der Waals surface area contributed by atoms with E-state index in [1.54, 1.807) is 38.4 Å². The Hall–Kier alpha value is -3.02. The number of amides is 2. The van der Waals surface area contributed by atoms with Gasteiger partial charge in [0.15, 0.2) is 11.5 Å². The van der Waals surface area contributed by atoms with E-state index < -0.39 is 0 Å². The molecule has 0 aliphatic rings. The second kappa shape index (κ2) is 7.91. The molecule has 138 valence electrons. The Morgan fingerprint density at radius 2 is 1.42 bits per heavy atom. The third kappa shape index (κ3) is 4.14. The summed E-state index contributed by atoms with van der Waals surface area (Å²) in [4.78, 5) is 26.7. The molecule has 0 spiro atoms. The fourth-order valence-corrected chi connectivity index (χ4v) is 2.70. The zero-order chi connectivity index (χ0) is 19.4. The maximum absolute atomic E-state index is 12.7. The van der Waals surface area contributed by atoms with Crippen LogP contribution >= 0.6 is 0 Å². The van der Waals surface area contributed by atoms with Crippen molar-refractivity contribution in [3.05, 3.63) is 52.6 Å². The van der Waals surface area contributed by atoms with Crippen LogP contribution < -0.4 is 14.8 Å². The van der Waals surface area contributed by atoms with Crippen LogP contribution in [0.1, 0.15) is 31.8 Å². The fourth-order valence-electron chi connectivity index (χ4n) is 2.70. The molecule has 6 nitrogen and oxygen atoms in total. The second-order valence-electron chi connectivity index (χ2n) is 6.28. The summed E-state index contributed by atoms with van der Waals surface area (Å²) in [6.07, 6.45) is 0. The number of hydrogen-bond donors (Lipinski definition) is 1. The van der Waals surface area contributed by atoms with Crippen LogP contribution in [0.3, 0.4) is 0 Å². The Kier molecular flexibility index (Phi) is 5.87. The maximum Gasteiger partial charge on any atom is 0.255 e. The highest BCUT2D eigenvalue weighted by Crippen LogP contribution is 2.34. The highest BCUT2D eigenvalue weighted by Gasteiger charge is 2.20. The third-order valence-electron chi connectivity index (χ3n) is 3.89. The van der Waals surface area contributed by atoms with Gasteiger partial charge >= 0.3 is 0 Å². The first kappa shape index (κ1) is 19.3. The SMILES string of the molecule is COc1cc(NC(=O)c2cc(C)cc(C)c2)c(C(=O)N(C)C)cc1OC. The highest BCUT2D eigenvalue weighted by molar-refractivity contribution is 6.09. The van der Waals surface area contributed by atoms with E-state index in [9.17, 15) is 9.59 Å². The topological polar surface area (TPSA) is 67.9 Å². The van der Waals surface area contributed by atoms with Crippen molar-refractivity contribution in [1.29, 1.82) is 0 Å². The molecule has 2 rings (SSSR count). The summed E-state index contributed by atoms with van der Waals surface area (Å²) in [6.45, 7) is 3.86. The second-order valence-corrected chi connectivity index (χ2v) is 6.28. The summed E-state index contributed by atoms with van der Waals surface area (Å²) < 4.78 is 10.6. The Balaban J connectivity index is 2.49. The lowest BCUT2D eigenvalue weighted by atomic mass is 10.1. The monoisotopic (exact) mass is 356 g/mol. The Morgan fingerprint density at radius 3 is 1.92 bits per heavy atom. The molecule has 0 bridgehead atoms. The summed E-state index contributed by atoms with van der Waals surface area (Å²) in [5.41, 5.74) is 3.20. The number of rotatable bonds is 5. The van der Waals surface area contributed by atoms with Crippen LogP contribution in [0.15, 0.2) is 30.3 Å². The molecule has 0 unspecified atom stereocenters. The van der Waals surface area contributed by atoms with Crippen LogP contribution in [0.5, 0.6) is 11.5 Å². The van der Waals surface area contributed by atoms with Gasteiger partial charge in [-0.15, -0.1) is 0 Å². The molecule has 26 heavy (non-hydrogen) atoms. The van der Waals surface area contributed by atoms with Crippen molar-refractivity contribution in [2.75, 3.05) is 33.6 Å². The van der Waals surface area contributed by atoms with Crippen molar-refractivity contribution >= 4 is 17.5 Å². The highest BCUT2D eigenvalue weighted by atomic mass is 16.5. The van der Waals surface area contributed by atoms with Crippen molar-refractivity contribution in [3.63, 3.8) is 0 Å². The predicted molar refractivity (Wildman–Crippen MR) is 101 cm³/mol. The van der Waals surface area contributed by atoms with Crippen molar-refractivity contribution in [3.8, 4) is 11.5 Å². The third-order valence-corrected chi connectivity index (χ3v) is 3.89. The number of carbonyl (C=O) groups is 2.